The minimum Gasteiger partial charge on any atom is -0.274 e. The number of hydrogen-bond acceptors (Lipinski definition) is 2. The van der Waals surface area contributed by atoms with E-state index in [0.29, 0.717) is 5.69 Å². The van der Waals surface area contributed by atoms with Crippen LogP contribution < -0.4 is 0 Å². The number of fused-ring (bicyclic) bond motifs is 1. The number of carbonyl (C=O) groups is 1. The summed E-state index contributed by atoms with van der Waals surface area (Å²) >= 11 is 5.78. The smallest absolute Gasteiger partial charge is 0.273 e. The average molecular weight is 367 g/mol. The van der Waals surface area contributed by atoms with Gasteiger partial charge in [-0.3, -0.25) is 4.79 Å². The van der Waals surface area contributed by atoms with Crippen molar-refractivity contribution in [1.82, 2.24) is 9.78 Å². The van der Waals surface area contributed by atoms with E-state index in [1.807, 2.05) is 30.3 Å². The molecule has 0 aliphatic heterocycles. The van der Waals surface area contributed by atoms with Crippen LogP contribution in [0.4, 0.5) is 4.39 Å². The fourth-order valence-corrected chi connectivity index (χ4v) is 3.56. The Bertz CT molecular complexity index is 991. The first-order chi connectivity index (χ1) is 12.6. The van der Waals surface area contributed by atoms with Gasteiger partial charge >= 0.3 is 0 Å². The van der Waals surface area contributed by atoms with E-state index in [2.05, 4.69) is 11.2 Å². The van der Waals surface area contributed by atoms with Gasteiger partial charge in [0, 0.05) is 5.56 Å². The van der Waals surface area contributed by atoms with Crippen LogP contribution in [0.3, 0.4) is 0 Å². The summed E-state index contributed by atoms with van der Waals surface area (Å²) in [6.07, 6.45) is 4.67. The van der Waals surface area contributed by atoms with E-state index in [-0.39, 0.29) is 11.5 Å². The summed E-state index contributed by atoms with van der Waals surface area (Å²) in [5.74, 6) is -0.316. The average Bonchev–Trinajstić information content (AvgIpc) is 3.04. The minimum absolute atomic E-state index is 0.282. The van der Waals surface area contributed by atoms with Crippen molar-refractivity contribution in [3.05, 3.63) is 82.9 Å². The molecule has 0 saturated carbocycles. The normalized spacial score (nSPS) is 15.1. The molecule has 0 unspecified atom stereocenters. The molecular formula is C21H16ClFN2O. The van der Waals surface area contributed by atoms with Crippen LogP contribution in [0.2, 0.25) is 0 Å². The quantitative estimate of drug-likeness (QED) is 0.592. The Kier molecular flexibility index (Phi) is 4.43. The Balaban J connectivity index is 1.92. The van der Waals surface area contributed by atoms with Crippen molar-refractivity contribution in [2.24, 2.45) is 0 Å². The van der Waals surface area contributed by atoms with Crippen molar-refractivity contribution < 1.29 is 9.18 Å². The van der Waals surface area contributed by atoms with E-state index in [4.69, 9.17) is 11.6 Å². The molecule has 0 spiro atoms. The van der Waals surface area contributed by atoms with E-state index >= 15 is 0 Å². The van der Waals surface area contributed by atoms with Gasteiger partial charge in [0.05, 0.1) is 11.4 Å². The van der Waals surface area contributed by atoms with Gasteiger partial charge in [0.1, 0.15) is 11.5 Å². The Morgan fingerprint density at radius 3 is 2.50 bits per heavy atom. The maximum Gasteiger partial charge on any atom is 0.273 e. The van der Waals surface area contributed by atoms with Crippen molar-refractivity contribution in [2.45, 2.75) is 19.3 Å². The second-order valence-electron chi connectivity index (χ2n) is 6.27. The van der Waals surface area contributed by atoms with Crippen LogP contribution in [0.25, 0.3) is 17.3 Å². The number of halogens is 2. The molecule has 1 aliphatic carbocycles. The highest BCUT2D eigenvalue weighted by atomic mass is 35.5. The molecule has 3 aromatic rings. The molecule has 0 N–H and O–H groups in total. The Hall–Kier alpha value is -2.72. The van der Waals surface area contributed by atoms with Crippen molar-refractivity contribution in [1.29, 1.82) is 0 Å². The van der Waals surface area contributed by atoms with Crippen LogP contribution in [-0.2, 0) is 6.42 Å². The standard InChI is InChI=1S/C21H16ClFN2O/c22-21(26)19-18-8-4-7-15(13-14-5-2-1-3-6-14)20(18)25(24-19)17-11-9-16(23)10-12-17/h1-3,5-6,9-13H,4,7-8H2/b15-13-. The molecule has 1 aliphatic rings. The van der Waals surface area contributed by atoms with Gasteiger partial charge in [-0.2, -0.15) is 5.10 Å². The van der Waals surface area contributed by atoms with Crippen molar-refractivity contribution >= 4 is 28.5 Å². The lowest BCUT2D eigenvalue weighted by atomic mass is 9.90. The van der Waals surface area contributed by atoms with E-state index < -0.39 is 5.24 Å². The van der Waals surface area contributed by atoms with Crippen LogP contribution in [-0.4, -0.2) is 15.0 Å². The third-order valence-electron chi connectivity index (χ3n) is 4.56. The van der Waals surface area contributed by atoms with Gasteiger partial charge in [0.2, 0.25) is 0 Å². The summed E-state index contributed by atoms with van der Waals surface area (Å²) in [7, 11) is 0. The lowest BCUT2D eigenvalue weighted by Crippen LogP contribution is -2.07. The number of carbonyl (C=O) groups excluding carboxylic acids is 1. The lowest BCUT2D eigenvalue weighted by Gasteiger charge is -2.18. The predicted octanol–water partition coefficient (Wildman–Crippen LogP) is 5.27. The maximum absolute atomic E-state index is 13.3. The van der Waals surface area contributed by atoms with Gasteiger partial charge < -0.3 is 0 Å². The van der Waals surface area contributed by atoms with Crippen LogP contribution >= 0.6 is 11.6 Å². The molecular weight excluding hydrogens is 351 g/mol. The SMILES string of the molecule is O=C(Cl)c1nn(-c2ccc(F)cc2)c2c1CCC/C2=C/c1ccccc1. The third-order valence-corrected chi connectivity index (χ3v) is 4.74. The topological polar surface area (TPSA) is 34.9 Å². The molecule has 4 rings (SSSR count). The highest BCUT2D eigenvalue weighted by molar-refractivity contribution is 6.67. The number of aromatic nitrogens is 2. The predicted molar refractivity (Wildman–Crippen MR) is 101 cm³/mol. The second-order valence-corrected chi connectivity index (χ2v) is 6.61. The zero-order chi connectivity index (χ0) is 18.1. The number of rotatable bonds is 3. The Morgan fingerprint density at radius 1 is 1.08 bits per heavy atom. The molecule has 0 radical (unpaired) electrons. The molecule has 0 bridgehead atoms. The molecule has 0 fully saturated rings. The largest absolute Gasteiger partial charge is 0.274 e. The zero-order valence-corrected chi connectivity index (χ0v) is 14.7. The van der Waals surface area contributed by atoms with E-state index in [1.54, 1.807) is 16.8 Å². The van der Waals surface area contributed by atoms with Gasteiger partial charge in [0.25, 0.3) is 5.24 Å². The molecule has 130 valence electrons. The fraction of sp³-hybridized carbons (Fsp3) is 0.143. The van der Waals surface area contributed by atoms with Crippen LogP contribution in [0, 0.1) is 5.82 Å². The van der Waals surface area contributed by atoms with Crippen molar-refractivity contribution in [3.8, 4) is 5.69 Å². The minimum atomic E-state index is -0.567. The Morgan fingerprint density at radius 2 is 1.81 bits per heavy atom. The summed E-state index contributed by atoms with van der Waals surface area (Å²) in [6, 6.07) is 16.1. The van der Waals surface area contributed by atoms with Gasteiger partial charge in [-0.15, -0.1) is 0 Å². The fourth-order valence-electron chi connectivity index (χ4n) is 3.41. The third kappa shape index (κ3) is 3.08. The van der Waals surface area contributed by atoms with Gasteiger partial charge in [-0.1, -0.05) is 30.3 Å². The molecule has 26 heavy (non-hydrogen) atoms. The van der Waals surface area contributed by atoms with E-state index in [9.17, 15) is 9.18 Å². The van der Waals surface area contributed by atoms with Crippen LogP contribution in [0.5, 0.6) is 0 Å². The highest BCUT2D eigenvalue weighted by Gasteiger charge is 2.27. The first-order valence-corrected chi connectivity index (χ1v) is 8.85. The monoisotopic (exact) mass is 366 g/mol. The second kappa shape index (κ2) is 6.89. The summed E-state index contributed by atoms with van der Waals surface area (Å²) in [5, 5.41) is 3.89. The van der Waals surface area contributed by atoms with E-state index in [1.165, 1.54) is 12.1 Å². The lowest BCUT2D eigenvalue weighted by molar-refractivity contribution is 0.107. The highest BCUT2D eigenvalue weighted by Crippen LogP contribution is 2.36. The number of benzene rings is 2. The number of allylic oxidation sites excluding steroid dienone is 1. The van der Waals surface area contributed by atoms with Crippen LogP contribution in [0.15, 0.2) is 54.6 Å². The summed E-state index contributed by atoms with van der Waals surface area (Å²) in [6.45, 7) is 0. The molecule has 2 aromatic carbocycles. The molecule has 1 aromatic heterocycles. The first-order valence-electron chi connectivity index (χ1n) is 8.47. The Labute approximate surface area is 155 Å². The van der Waals surface area contributed by atoms with Crippen molar-refractivity contribution in [3.63, 3.8) is 0 Å². The van der Waals surface area contributed by atoms with Gasteiger partial charge in [-0.05, 0) is 72.3 Å². The molecule has 1 heterocycles. The van der Waals surface area contributed by atoms with E-state index in [0.717, 1.165) is 41.7 Å². The first kappa shape index (κ1) is 16.7. The zero-order valence-electron chi connectivity index (χ0n) is 14.0. The number of nitrogens with zero attached hydrogens (tertiary/aromatic N) is 2. The molecule has 0 saturated heterocycles. The van der Waals surface area contributed by atoms with Gasteiger partial charge in [-0.25, -0.2) is 9.07 Å². The summed E-state index contributed by atoms with van der Waals surface area (Å²) < 4.78 is 15.0. The van der Waals surface area contributed by atoms with Crippen LogP contribution in [0.1, 0.15) is 40.2 Å². The summed E-state index contributed by atoms with van der Waals surface area (Å²) in [4.78, 5) is 11.9. The molecule has 0 atom stereocenters. The number of hydrogen-bond donors (Lipinski definition) is 0. The summed E-state index contributed by atoms with van der Waals surface area (Å²) in [5.41, 5.74) is 4.91. The van der Waals surface area contributed by atoms with Gasteiger partial charge in [0.15, 0.2) is 0 Å². The molecule has 5 heteroatoms. The van der Waals surface area contributed by atoms with Crippen molar-refractivity contribution in [2.75, 3.05) is 0 Å². The molecule has 0 amide bonds. The maximum atomic E-state index is 13.3. The molecule has 3 nitrogen and oxygen atoms in total.